The Labute approximate surface area is 149 Å². The van der Waals surface area contributed by atoms with E-state index in [0.29, 0.717) is 24.6 Å². The fraction of sp³-hybridized carbons (Fsp3) is 0.500. The second-order valence-corrected chi connectivity index (χ2v) is 6.81. The van der Waals surface area contributed by atoms with E-state index in [1.54, 1.807) is 0 Å². The van der Waals surface area contributed by atoms with E-state index in [1.165, 1.54) is 0 Å². The Hall–Kier alpha value is -2.30. The van der Waals surface area contributed by atoms with Crippen LogP contribution >= 0.6 is 0 Å². The van der Waals surface area contributed by atoms with Gasteiger partial charge in [-0.25, -0.2) is 0 Å². The van der Waals surface area contributed by atoms with Crippen molar-refractivity contribution in [2.24, 2.45) is 5.92 Å². The van der Waals surface area contributed by atoms with Gasteiger partial charge in [-0.15, -0.1) is 0 Å². The Morgan fingerprint density at radius 3 is 2.56 bits per heavy atom. The van der Waals surface area contributed by atoms with Gasteiger partial charge in [0.25, 0.3) is 5.91 Å². The summed E-state index contributed by atoms with van der Waals surface area (Å²) in [5.74, 6) is 0.355. The maximum atomic E-state index is 12.6. The Kier molecular flexibility index (Phi) is 6.62. The van der Waals surface area contributed by atoms with Crippen LogP contribution in [0.1, 0.15) is 57.4 Å². The van der Waals surface area contributed by atoms with Crippen molar-refractivity contribution in [3.8, 4) is 0 Å². The number of carbonyl (C=O) groups excluding carboxylic acids is 2. The summed E-state index contributed by atoms with van der Waals surface area (Å²) < 4.78 is 2.08. The third-order valence-electron chi connectivity index (χ3n) is 4.14. The first kappa shape index (κ1) is 19.0. The first-order valence-electron chi connectivity index (χ1n) is 9.17. The van der Waals surface area contributed by atoms with Crippen molar-refractivity contribution in [2.45, 2.75) is 53.5 Å². The van der Waals surface area contributed by atoms with Crippen LogP contribution in [0.25, 0.3) is 10.9 Å². The van der Waals surface area contributed by atoms with E-state index in [1.807, 2.05) is 31.2 Å². The number of benzene rings is 1. The second-order valence-electron chi connectivity index (χ2n) is 6.81. The highest BCUT2D eigenvalue weighted by atomic mass is 16.2. The summed E-state index contributed by atoms with van der Waals surface area (Å²) in [6.07, 6.45) is 2.53. The molecule has 1 heterocycles. The van der Waals surface area contributed by atoms with Crippen LogP contribution in [0.15, 0.2) is 24.3 Å². The Morgan fingerprint density at radius 1 is 1.16 bits per heavy atom. The quantitative estimate of drug-likeness (QED) is 0.755. The molecule has 0 bridgehead atoms. The summed E-state index contributed by atoms with van der Waals surface area (Å²) in [5.41, 5.74) is 2.47. The van der Waals surface area contributed by atoms with Crippen LogP contribution < -0.4 is 10.6 Å². The molecule has 0 fully saturated rings. The molecule has 1 aromatic carbocycles. The van der Waals surface area contributed by atoms with Crippen LogP contribution in [-0.4, -0.2) is 22.9 Å². The number of anilines is 1. The lowest BCUT2D eigenvalue weighted by Crippen LogP contribution is -2.29. The predicted octanol–water partition coefficient (Wildman–Crippen LogP) is 4.18. The number of rotatable bonds is 8. The van der Waals surface area contributed by atoms with E-state index in [-0.39, 0.29) is 11.8 Å². The van der Waals surface area contributed by atoms with Crippen molar-refractivity contribution in [2.75, 3.05) is 11.9 Å². The number of hydrogen-bond acceptors (Lipinski definition) is 2. The molecular weight excluding hydrogens is 314 g/mol. The van der Waals surface area contributed by atoms with E-state index in [4.69, 9.17) is 0 Å². The minimum atomic E-state index is -0.0415. The van der Waals surface area contributed by atoms with Gasteiger partial charge in [0.05, 0.1) is 0 Å². The van der Waals surface area contributed by atoms with Gasteiger partial charge in [0, 0.05) is 36.1 Å². The maximum absolute atomic E-state index is 12.6. The Morgan fingerprint density at radius 2 is 1.92 bits per heavy atom. The summed E-state index contributed by atoms with van der Waals surface area (Å²) >= 11 is 0. The minimum absolute atomic E-state index is 0.0142. The number of nitrogens with one attached hydrogen (secondary N) is 2. The highest BCUT2D eigenvalue weighted by Crippen LogP contribution is 2.24. The molecule has 0 aliphatic heterocycles. The molecule has 2 amide bonds. The second kappa shape index (κ2) is 8.70. The number of aryl methyl sites for hydroxylation is 1. The van der Waals surface area contributed by atoms with E-state index in [0.717, 1.165) is 36.0 Å². The van der Waals surface area contributed by atoms with Gasteiger partial charge in [0.15, 0.2) is 0 Å². The van der Waals surface area contributed by atoms with Crippen LogP contribution in [0, 0.1) is 5.92 Å². The van der Waals surface area contributed by atoms with Crippen molar-refractivity contribution in [1.82, 2.24) is 9.88 Å². The maximum Gasteiger partial charge on any atom is 0.267 e. The molecular formula is C20H29N3O2. The van der Waals surface area contributed by atoms with E-state index in [9.17, 15) is 9.59 Å². The summed E-state index contributed by atoms with van der Waals surface area (Å²) in [4.78, 5) is 24.2. The zero-order valence-electron chi connectivity index (χ0n) is 15.7. The third-order valence-corrected chi connectivity index (χ3v) is 4.14. The van der Waals surface area contributed by atoms with Crippen LogP contribution in [0.5, 0.6) is 0 Å². The van der Waals surface area contributed by atoms with Crippen molar-refractivity contribution in [1.29, 1.82) is 0 Å². The molecule has 0 saturated carbocycles. The van der Waals surface area contributed by atoms with Gasteiger partial charge in [-0.3, -0.25) is 9.59 Å². The SMILES string of the molecule is CCCCn1c(C(=O)NCC(C)C)cc2cc(NC(=O)CC)ccc21. The van der Waals surface area contributed by atoms with E-state index >= 15 is 0 Å². The lowest BCUT2D eigenvalue weighted by Gasteiger charge is -2.12. The molecule has 0 radical (unpaired) electrons. The molecule has 25 heavy (non-hydrogen) atoms. The Balaban J connectivity index is 2.37. The van der Waals surface area contributed by atoms with Crippen LogP contribution in [0.2, 0.25) is 0 Å². The average molecular weight is 343 g/mol. The number of aromatic nitrogens is 1. The van der Waals surface area contributed by atoms with Crippen molar-refractivity contribution in [3.05, 3.63) is 30.0 Å². The number of hydrogen-bond donors (Lipinski definition) is 2. The van der Waals surface area contributed by atoms with Gasteiger partial charge >= 0.3 is 0 Å². The molecule has 0 saturated heterocycles. The van der Waals surface area contributed by atoms with Crippen molar-refractivity contribution < 1.29 is 9.59 Å². The van der Waals surface area contributed by atoms with Gasteiger partial charge in [0.2, 0.25) is 5.91 Å². The van der Waals surface area contributed by atoms with E-state index in [2.05, 4.69) is 36.0 Å². The van der Waals surface area contributed by atoms with Crippen LogP contribution in [0.3, 0.4) is 0 Å². The molecule has 0 atom stereocenters. The normalized spacial score (nSPS) is 11.1. The molecule has 136 valence electrons. The average Bonchev–Trinajstić information content (AvgIpc) is 2.95. The lowest BCUT2D eigenvalue weighted by atomic mass is 10.2. The number of unbranched alkanes of at least 4 members (excludes halogenated alkanes) is 1. The molecule has 1 aromatic heterocycles. The minimum Gasteiger partial charge on any atom is -0.351 e. The van der Waals surface area contributed by atoms with Crippen molar-refractivity contribution in [3.63, 3.8) is 0 Å². The lowest BCUT2D eigenvalue weighted by molar-refractivity contribution is -0.115. The first-order chi connectivity index (χ1) is 12.0. The number of amides is 2. The van der Waals surface area contributed by atoms with Gasteiger partial charge in [0.1, 0.15) is 5.69 Å². The number of fused-ring (bicyclic) bond motifs is 1. The number of nitrogens with zero attached hydrogens (tertiary/aromatic N) is 1. The topological polar surface area (TPSA) is 63.1 Å². The fourth-order valence-electron chi connectivity index (χ4n) is 2.73. The molecule has 2 N–H and O–H groups in total. The van der Waals surface area contributed by atoms with Gasteiger partial charge in [-0.1, -0.05) is 34.1 Å². The van der Waals surface area contributed by atoms with Crippen LogP contribution in [-0.2, 0) is 11.3 Å². The monoisotopic (exact) mass is 343 g/mol. The highest BCUT2D eigenvalue weighted by Gasteiger charge is 2.16. The summed E-state index contributed by atoms with van der Waals surface area (Å²) in [6, 6.07) is 7.73. The molecule has 0 aliphatic rings. The van der Waals surface area contributed by atoms with Gasteiger partial charge < -0.3 is 15.2 Å². The number of carbonyl (C=O) groups is 2. The first-order valence-corrected chi connectivity index (χ1v) is 9.17. The third kappa shape index (κ3) is 4.84. The highest BCUT2D eigenvalue weighted by molar-refractivity contribution is 6.00. The summed E-state index contributed by atoms with van der Waals surface area (Å²) in [5, 5.41) is 6.85. The van der Waals surface area contributed by atoms with E-state index < -0.39 is 0 Å². The predicted molar refractivity (Wildman–Crippen MR) is 103 cm³/mol. The van der Waals surface area contributed by atoms with Crippen LogP contribution in [0.4, 0.5) is 5.69 Å². The summed E-state index contributed by atoms with van der Waals surface area (Å²) in [6.45, 7) is 9.59. The Bertz CT molecular complexity index is 747. The van der Waals surface area contributed by atoms with Gasteiger partial charge in [-0.05, 0) is 36.6 Å². The van der Waals surface area contributed by atoms with Gasteiger partial charge in [-0.2, -0.15) is 0 Å². The van der Waals surface area contributed by atoms with Crippen molar-refractivity contribution >= 4 is 28.4 Å². The zero-order valence-corrected chi connectivity index (χ0v) is 15.7. The molecule has 2 rings (SSSR count). The molecule has 5 nitrogen and oxygen atoms in total. The molecule has 0 spiro atoms. The summed E-state index contributed by atoms with van der Waals surface area (Å²) in [7, 11) is 0. The standard InChI is InChI=1S/C20H29N3O2/c1-5-7-10-23-17-9-8-16(22-19(24)6-2)11-15(17)12-18(23)20(25)21-13-14(3)4/h8-9,11-12,14H,5-7,10,13H2,1-4H3,(H,21,25)(H,22,24). The largest absolute Gasteiger partial charge is 0.351 e. The molecule has 5 heteroatoms. The molecule has 0 aliphatic carbocycles. The zero-order chi connectivity index (χ0) is 18.4. The smallest absolute Gasteiger partial charge is 0.267 e. The molecule has 0 unspecified atom stereocenters. The fourth-order valence-corrected chi connectivity index (χ4v) is 2.73. The molecule has 2 aromatic rings.